The molecule has 0 aliphatic rings. The van der Waals surface area contributed by atoms with Gasteiger partial charge >= 0.3 is 0 Å². The second-order valence-corrected chi connectivity index (χ2v) is 4.95. The lowest BCUT2D eigenvalue weighted by Gasteiger charge is -2.09. The van der Waals surface area contributed by atoms with Crippen molar-refractivity contribution in [2.45, 2.75) is 6.54 Å². The topological polar surface area (TPSA) is 53.1 Å². The Bertz CT molecular complexity index is 773. The molecule has 6 heteroatoms. The normalized spacial score (nSPS) is 11.0. The summed E-state index contributed by atoms with van der Waals surface area (Å²) in [4.78, 5) is 4.17. The van der Waals surface area contributed by atoms with Crippen LogP contribution >= 0.6 is 11.6 Å². The zero-order valence-electron chi connectivity index (χ0n) is 11.1. The molecule has 108 valence electrons. The van der Waals surface area contributed by atoms with Gasteiger partial charge in [-0.3, -0.25) is 0 Å². The van der Waals surface area contributed by atoms with Crippen LogP contribution in [-0.2, 0) is 6.54 Å². The van der Waals surface area contributed by atoms with Crippen molar-refractivity contribution in [1.29, 1.82) is 0 Å². The molecule has 0 spiro atoms. The summed E-state index contributed by atoms with van der Waals surface area (Å²) in [6.45, 7) is 0.877. The molecule has 0 saturated carbocycles. The van der Waals surface area contributed by atoms with Crippen LogP contribution in [0.25, 0.3) is 11.0 Å². The molecule has 0 saturated heterocycles. The maximum absolute atomic E-state index is 13.6. The van der Waals surface area contributed by atoms with Crippen LogP contribution in [0.5, 0.6) is 5.75 Å². The predicted octanol–water partition coefficient (Wildman–Crippen LogP) is 3.49. The molecule has 0 unspecified atom stereocenters. The number of nitrogens with zero attached hydrogens (tertiary/aromatic N) is 2. The highest BCUT2D eigenvalue weighted by Gasteiger charge is 2.11. The first-order valence-corrected chi connectivity index (χ1v) is 6.81. The largest absolute Gasteiger partial charge is 0.492 e. The van der Waals surface area contributed by atoms with Crippen molar-refractivity contribution in [3.63, 3.8) is 0 Å². The van der Waals surface area contributed by atoms with Crippen molar-refractivity contribution >= 4 is 28.6 Å². The Labute approximate surface area is 125 Å². The van der Waals surface area contributed by atoms with Gasteiger partial charge in [-0.25, -0.2) is 9.37 Å². The maximum atomic E-state index is 13.6. The molecular weight excluding hydrogens is 293 g/mol. The average molecular weight is 306 g/mol. The lowest BCUT2D eigenvalue weighted by atomic mass is 10.3. The van der Waals surface area contributed by atoms with Crippen LogP contribution in [0.3, 0.4) is 0 Å². The van der Waals surface area contributed by atoms with Crippen LogP contribution < -0.4 is 10.5 Å². The molecule has 3 rings (SSSR count). The highest BCUT2D eigenvalue weighted by Crippen LogP contribution is 2.24. The van der Waals surface area contributed by atoms with E-state index >= 15 is 0 Å². The van der Waals surface area contributed by atoms with Gasteiger partial charge < -0.3 is 15.0 Å². The van der Waals surface area contributed by atoms with E-state index in [4.69, 9.17) is 22.1 Å². The Morgan fingerprint density at radius 3 is 2.76 bits per heavy atom. The Balaban J connectivity index is 1.80. The molecule has 0 fully saturated rings. The average Bonchev–Trinajstić information content (AvgIpc) is 2.76. The molecule has 0 bridgehead atoms. The van der Waals surface area contributed by atoms with Gasteiger partial charge in [-0.1, -0.05) is 29.8 Å². The van der Waals surface area contributed by atoms with E-state index in [1.807, 2.05) is 30.3 Å². The SMILES string of the molecule is Nc1nc2cc(Cl)c(F)cc2n1CCOc1ccccc1. The molecule has 0 aliphatic heterocycles. The summed E-state index contributed by atoms with van der Waals surface area (Å²) in [5.41, 5.74) is 7.03. The lowest BCUT2D eigenvalue weighted by molar-refractivity contribution is 0.301. The number of para-hydroxylation sites is 1. The number of nitrogen functional groups attached to an aromatic ring is 1. The fourth-order valence-electron chi connectivity index (χ4n) is 2.15. The Morgan fingerprint density at radius 2 is 2.00 bits per heavy atom. The van der Waals surface area contributed by atoms with E-state index in [2.05, 4.69) is 4.98 Å². The van der Waals surface area contributed by atoms with Crippen LogP contribution in [0.15, 0.2) is 42.5 Å². The molecule has 0 atom stereocenters. The van der Waals surface area contributed by atoms with Gasteiger partial charge in [0.05, 0.1) is 22.6 Å². The van der Waals surface area contributed by atoms with Gasteiger partial charge in [-0.15, -0.1) is 0 Å². The number of fused-ring (bicyclic) bond motifs is 1. The monoisotopic (exact) mass is 305 g/mol. The van der Waals surface area contributed by atoms with Crippen LogP contribution in [0, 0.1) is 5.82 Å². The summed E-state index contributed by atoms with van der Waals surface area (Å²) in [7, 11) is 0. The number of rotatable bonds is 4. The summed E-state index contributed by atoms with van der Waals surface area (Å²) in [5.74, 6) is 0.590. The van der Waals surface area contributed by atoms with Gasteiger partial charge in [0, 0.05) is 6.07 Å². The second kappa shape index (κ2) is 5.61. The third-order valence-electron chi connectivity index (χ3n) is 3.15. The number of anilines is 1. The number of hydrogen-bond acceptors (Lipinski definition) is 3. The Kier molecular flexibility index (Phi) is 3.66. The summed E-state index contributed by atoms with van der Waals surface area (Å²) in [5, 5.41) is 0.0349. The molecule has 1 aromatic heterocycles. The van der Waals surface area contributed by atoms with E-state index in [1.165, 1.54) is 12.1 Å². The first-order valence-electron chi connectivity index (χ1n) is 6.44. The first kappa shape index (κ1) is 13.7. The molecule has 3 aromatic rings. The lowest BCUT2D eigenvalue weighted by Crippen LogP contribution is -2.10. The molecule has 0 amide bonds. The number of aromatic nitrogens is 2. The van der Waals surface area contributed by atoms with Gasteiger partial charge in [-0.05, 0) is 18.2 Å². The van der Waals surface area contributed by atoms with Crippen molar-refractivity contribution in [2.75, 3.05) is 12.3 Å². The highest BCUT2D eigenvalue weighted by atomic mass is 35.5. The minimum Gasteiger partial charge on any atom is -0.492 e. The zero-order valence-corrected chi connectivity index (χ0v) is 11.8. The van der Waals surface area contributed by atoms with Gasteiger partial charge in [0.1, 0.15) is 18.2 Å². The fraction of sp³-hybridized carbons (Fsp3) is 0.133. The summed E-state index contributed by atoms with van der Waals surface area (Å²) >= 11 is 5.74. The predicted molar refractivity (Wildman–Crippen MR) is 81.1 cm³/mol. The Morgan fingerprint density at radius 1 is 1.24 bits per heavy atom. The number of halogens is 2. The third-order valence-corrected chi connectivity index (χ3v) is 3.44. The van der Waals surface area contributed by atoms with Gasteiger partial charge in [0.25, 0.3) is 0 Å². The van der Waals surface area contributed by atoms with Crippen molar-refractivity contribution in [3.05, 3.63) is 53.3 Å². The number of hydrogen-bond donors (Lipinski definition) is 1. The van der Waals surface area contributed by atoms with E-state index in [9.17, 15) is 4.39 Å². The smallest absolute Gasteiger partial charge is 0.201 e. The van der Waals surface area contributed by atoms with Crippen LogP contribution in [-0.4, -0.2) is 16.2 Å². The van der Waals surface area contributed by atoms with Gasteiger partial charge in [0.15, 0.2) is 0 Å². The second-order valence-electron chi connectivity index (χ2n) is 4.54. The quantitative estimate of drug-likeness (QED) is 0.802. The first-order chi connectivity index (χ1) is 10.1. The molecule has 0 aliphatic carbocycles. The molecule has 2 N–H and O–H groups in total. The molecular formula is C15H13ClFN3O. The van der Waals surface area contributed by atoms with Crippen molar-refractivity contribution in [2.24, 2.45) is 0 Å². The minimum atomic E-state index is -0.491. The number of ether oxygens (including phenoxy) is 1. The molecule has 1 heterocycles. The fourth-order valence-corrected chi connectivity index (χ4v) is 2.30. The van der Waals surface area contributed by atoms with Crippen molar-refractivity contribution < 1.29 is 9.13 Å². The van der Waals surface area contributed by atoms with Crippen molar-refractivity contribution in [3.8, 4) is 5.75 Å². The Hall–Kier alpha value is -2.27. The van der Waals surface area contributed by atoms with Crippen LogP contribution in [0.4, 0.5) is 10.3 Å². The van der Waals surface area contributed by atoms with E-state index in [-0.39, 0.29) is 5.02 Å². The van der Waals surface area contributed by atoms with Gasteiger partial charge in [-0.2, -0.15) is 0 Å². The van der Waals surface area contributed by atoms with E-state index < -0.39 is 5.82 Å². The highest BCUT2D eigenvalue weighted by molar-refractivity contribution is 6.31. The standard InChI is InChI=1S/C15H13ClFN3O/c16-11-8-13-14(9-12(11)17)20(15(18)19-13)6-7-21-10-4-2-1-3-5-10/h1-5,8-9H,6-7H2,(H2,18,19). The summed E-state index contributed by atoms with van der Waals surface area (Å²) in [6, 6.07) is 12.3. The van der Waals surface area contributed by atoms with Crippen LogP contribution in [0.1, 0.15) is 0 Å². The third kappa shape index (κ3) is 2.78. The van der Waals surface area contributed by atoms with E-state index in [0.29, 0.717) is 30.1 Å². The molecule has 4 nitrogen and oxygen atoms in total. The van der Waals surface area contributed by atoms with Gasteiger partial charge in [0.2, 0.25) is 5.95 Å². The minimum absolute atomic E-state index is 0.0349. The number of imidazole rings is 1. The van der Waals surface area contributed by atoms with E-state index in [0.717, 1.165) is 5.75 Å². The van der Waals surface area contributed by atoms with Crippen molar-refractivity contribution in [1.82, 2.24) is 9.55 Å². The molecule has 2 aromatic carbocycles. The summed E-state index contributed by atoms with van der Waals surface area (Å²) < 4.78 is 20.9. The summed E-state index contributed by atoms with van der Waals surface area (Å²) in [6.07, 6.45) is 0. The maximum Gasteiger partial charge on any atom is 0.201 e. The van der Waals surface area contributed by atoms with E-state index in [1.54, 1.807) is 4.57 Å². The van der Waals surface area contributed by atoms with Crippen LogP contribution in [0.2, 0.25) is 5.02 Å². The number of benzene rings is 2. The zero-order chi connectivity index (χ0) is 14.8. The number of nitrogens with two attached hydrogens (primary N) is 1. The molecule has 0 radical (unpaired) electrons. The molecule has 21 heavy (non-hydrogen) atoms.